The summed E-state index contributed by atoms with van der Waals surface area (Å²) in [6, 6.07) is 10.9. The quantitative estimate of drug-likeness (QED) is 0.646. The fraction of sp³-hybridized carbons (Fsp3) is 0.118. The summed E-state index contributed by atoms with van der Waals surface area (Å²) in [5, 5.41) is 2.90. The van der Waals surface area contributed by atoms with Crippen molar-refractivity contribution in [1.29, 1.82) is 0 Å². The Balaban J connectivity index is 2.22. The molecule has 0 aliphatic rings. The maximum atomic E-state index is 12.4. The minimum Gasteiger partial charge on any atom is -0.399 e. The van der Waals surface area contributed by atoms with Gasteiger partial charge in [0.05, 0.1) is 5.69 Å². The van der Waals surface area contributed by atoms with Crippen LogP contribution in [-0.2, 0) is 14.4 Å². The molecule has 0 radical (unpaired) electrons. The molecular formula is C17H16ClN3O3. The molecule has 0 aliphatic heterocycles. The van der Waals surface area contributed by atoms with Crippen molar-refractivity contribution in [3.63, 3.8) is 0 Å². The number of anilines is 3. The van der Waals surface area contributed by atoms with Gasteiger partial charge >= 0.3 is 11.8 Å². The van der Waals surface area contributed by atoms with Crippen LogP contribution in [0.3, 0.4) is 0 Å². The van der Waals surface area contributed by atoms with Gasteiger partial charge in [-0.05, 0) is 48.9 Å². The van der Waals surface area contributed by atoms with Crippen LogP contribution in [0.2, 0.25) is 5.02 Å². The van der Waals surface area contributed by atoms with E-state index in [1.807, 2.05) is 6.92 Å². The van der Waals surface area contributed by atoms with Crippen LogP contribution < -0.4 is 16.0 Å². The van der Waals surface area contributed by atoms with Crippen LogP contribution in [0.25, 0.3) is 0 Å². The number of imide groups is 1. The summed E-state index contributed by atoms with van der Waals surface area (Å²) in [6.07, 6.45) is 0. The third-order valence-electron chi connectivity index (χ3n) is 3.29. The van der Waals surface area contributed by atoms with E-state index < -0.39 is 17.7 Å². The molecule has 6 nitrogen and oxygen atoms in total. The number of halogens is 1. The lowest BCUT2D eigenvalue weighted by molar-refractivity contribution is -0.136. The molecule has 0 aliphatic carbocycles. The molecule has 24 heavy (non-hydrogen) atoms. The summed E-state index contributed by atoms with van der Waals surface area (Å²) < 4.78 is 0. The Morgan fingerprint density at radius 3 is 2.25 bits per heavy atom. The second-order valence-electron chi connectivity index (χ2n) is 5.17. The van der Waals surface area contributed by atoms with Crippen LogP contribution in [0.4, 0.5) is 17.1 Å². The van der Waals surface area contributed by atoms with Gasteiger partial charge < -0.3 is 11.1 Å². The van der Waals surface area contributed by atoms with Gasteiger partial charge in [-0.3, -0.25) is 14.4 Å². The van der Waals surface area contributed by atoms with Crippen LogP contribution in [-0.4, -0.2) is 17.7 Å². The predicted octanol–water partition coefficient (Wildman–Crippen LogP) is 2.75. The van der Waals surface area contributed by atoms with Crippen LogP contribution in [0, 0.1) is 6.92 Å². The molecule has 0 bridgehead atoms. The highest BCUT2D eigenvalue weighted by molar-refractivity contribution is 6.48. The lowest BCUT2D eigenvalue weighted by Crippen LogP contribution is -2.42. The van der Waals surface area contributed by atoms with Crippen molar-refractivity contribution in [3.8, 4) is 0 Å². The Morgan fingerprint density at radius 2 is 1.71 bits per heavy atom. The number of carbonyl (C=O) groups excluding carboxylic acids is 3. The smallest absolute Gasteiger partial charge is 0.323 e. The summed E-state index contributed by atoms with van der Waals surface area (Å²) in [5.74, 6) is -2.52. The Kier molecular flexibility index (Phi) is 5.21. The molecule has 2 aromatic rings. The Morgan fingerprint density at radius 1 is 1.08 bits per heavy atom. The molecule has 3 amide bonds. The molecule has 0 saturated heterocycles. The molecule has 0 aromatic heterocycles. The minimum absolute atomic E-state index is 0.263. The number of aryl methyl sites for hydroxylation is 1. The number of nitrogens with two attached hydrogens (primary N) is 1. The number of hydrogen-bond donors (Lipinski definition) is 2. The van der Waals surface area contributed by atoms with Gasteiger partial charge in [-0.1, -0.05) is 17.7 Å². The predicted molar refractivity (Wildman–Crippen MR) is 93.8 cm³/mol. The molecule has 2 aromatic carbocycles. The molecule has 0 unspecified atom stereocenters. The Labute approximate surface area is 144 Å². The van der Waals surface area contributed by atoms with Crippen LogP contribution >= 0.6 is 11.6 Å². The molecule has 0 atom stereocenters. The van der Waals surface area contributed by atoms with E-state index in [9.17, 15) is 14.4 Å². The normalized spacial score (nSPS) is 10.1. The zero-order chi connectivity index (χ0) is 17.9. The van der Waals surface area contributed by atoms with Crippen molar-refractivity contribution >= 4 is 46.4 Å². The first-order valence-corrected chi connectivity index (χ1v) is 7.45. The zero-order valence-electron chi connectivity index (χ0n) is 13.2. The fourth-order valence-corrected chi connectivity index (χ4v) is 2.20. The molecule has 2 rings (SSSR count). The topological polar surface area (TPSA) is 92.5 Å². The van der Waals surface area contributed by atoms with Gasteiger partial charge in [-0.25, -0.2) is 4.90 Å². The zero-order valence-corrected chi connectivity index (χ0v) is 13.9. The number of nitrogen functional groups attached to an aromatic ring is 1. The highest BCUT2D eigenvalue weighted by atomic mass is 35.5. The van der Waals surface area contributed by atoms with E-state index in [1.165, 1.54) is 37.3 Å². The van der Waals surface area contributed by atoms with Gasteiger partial charge in [-0.2, -0.15) is 0 Å². The van der Waals surface area contributed by atoms with Crippen LogP contribution in [0.1, 0.15) is 12.5 Å². The van der Waals surface area contributed by atoms with Gasteiger partial charge in [0.15, 0.2) is 0 Å². The van der Waals surface area contributed by atoms with E-state index in [1.54, 1.807) is 12.1 Å². The molecule has 0 saturated carbocycles. The van der Waals surface area contributed by atoms with Gasteiger partial charge in [0.1, 0.15) is 0 Å². The van der Waals surface area contributed by atoms with Crippen molar-refractivity contribution in [2.75, 3.05) is 16.0 Å². The number of nitrogens with one attached hydrogen (secondary N) is 1. The first-order valence-electron chi connectivity index (χ1n) is 7.07. The van der Waals surface area contributed by atoms with Crippen molar-refractivity contribution in [1.82, 2.24) is 0 Å². The number of amides is 3. The monoisotopic (exact) mass is 345 g/mol. The minimum atomic E-state index is -0.996. The second-order valence-corrected chi connectivity index (χ2v) is 5.58. The Bertz CT molecular complexity index is 803. The summed E-state index contributed by atoms with van der Waals surface area (Å²) >= 11 is 5.99. The van der Waals surface area contributed by atoms with E-state index in [4.69, 9.17) is 17.3 Å². The highest BCUT2D eigenvalue weighted by Crippen LogP contribution is 2.21. The van der Waals surface area contributed by atoms with E-state index in [0.717, 1.165) is 10.5 Å². The van der Waals surface area contributed by atoms with Gasteiger partial charge in [0.2, 0.25) is 5.91 Å². The van der Waals surface area contributed by atoms with E-state index in [0.29, 0.717) is 16.4 Å². The average Bonchev–Trinajstić information content (AvgIpc) is 2.52. The SMILES string of the molecule is CC(=O)N(C(=O)C(=O)Nc1ccc(C)c(Cl)c1)c1ccc(N)cc1. The lowest BCUT2D eigenvalue weighted by Gasteiger charge is -2.19. The maximum Gasteiger partial charge on any atom is 0.323 e. The van der Waals surface area contributed by atoms with Crippen molar-refractivity contribution in [2.24, 2.45) is 0 Å². The summed E-state index contributed by atoms with van der Waals surface area (Å²) in [5.41, 5.74) is 7.54. The summed E-state index contributed by atoms with van der Waals surface area (Å²) in [6.45, 7) is 3.02. The average molecular weight is 346 g/mol. The first kappa shape index (κ1) is 17.5. The van der Waals surface area contributed by atoms with E-state index in [2.05, 4.69) is 5.32 Å². The van der Waals surface area contributed by atoms with Crippen molar-refractivity contribution in [3.05, 3.63) is 53.1 Å². The van der Waals surface area contributed by atoms with Crippen LogP contribution in [0.15, 0.2) is 42.5 Å². The molecule has 0 spiro atoms. The standard InChI is InChI=1S/C17H16ClN3O3/c1-10-3-6-13(9-15(10)18)20-16(23)17(24)21(11(2)22)14-7-4-12(19)5-8-14/h3-9H,19H2,1-2H3,(H,20,23). The van der Waals surface area contributed by atoms with Crippen LogP contribution in [0.5, 0.6) is 0 Å². The highest BCUT2D eigenvalue weighted by Gasteiger charge is 2.26. The largest absolute Gasteiger partial charge is 0.399 e. The fourth-order valence-electron chi connectivity index (χ4n) is 2.02. The van der Waals surface area contributed by atoms with Gasteiger partial charge in [0, 0.05) is 23.3 Å². The number of nitrogens with zero attached hydrogens (tertiary/aromatic N) is 1. The third kappa shape index (κ3) is 3.91. The maximum absolute atomic E-state index is 12.4. The number of hydrogen-bond acceptors (Lipinski definition) is 4. The van der Waals surface area contributed by atoms with Gasteiger partial charge in [-0.15, -0.1) is 0 Å². The first-order chi connectivity index (χ1) is 11.3. The third-order valence-corrected chi connectivity index (χ3v) is 3.70. The lowest BCUT2D eigenvalue weighted by atomic mass is 10.2. The molecular weight excluding hydrogens is 330 g/mol. The molecule has 124 valence electrons. The van der Waals surface area contributed by atoms with Crippen molar-refractivity contribution in [2.45, 2.75) is 13.8 Å². The summed E-state index contributed by atoms with van der Waals surface area (Å²) in [4.78, 5) is 37.1. The molecule has 3 N–H and O–H groups in total. The van der Waals surface area contributed by atoms with E-state index in [-0.39, 0.29) is 5.69 Å². The van der Waals surface area contributed by atoms with Crippen molar-refractivity contribution < 1.29 is 14.4 Å². The van der Waals surface area contributed by atoms with Gasteiger partial charge in [0.25, 0.3) is 0 Å². The number of carbonyl (C=O) groups is 3. The molecule has 0 fully saturated rings. The molecule has 7 heteroatoms. The summed E-state index contributed by atoms with van der Waals surface area (Å²) in [7, 11) is 0. The second kappa shape index (κ2) is 7.14. The Hall–Kier alpha value is -2.86. The molecule has 0 heterocycles. The number of rotatable bonds is 2. The van der Waals surface area contributed by atoms with E-state index >= 15 is 0 Å². The number of benzene rings is 2.